The van der Waals surface area contributed by atoms with Crippen molar-refractivity contribution in [1.29, 1.82) is 0 Å². The molecule has 0 bridgehead atoms. The lowest BCUT2D eigenvalue weighted by Crippen LogP contribution is -2.32. The van der Waals surface area contributed by atoms with E-state index >= 15 is 0 Å². The summed E-state index contributed by atoms with van der Waals surface area (Å²) in [5.41, 5.74) is 5.66. The van der Waals surface area contributed by atoms with Gasteiger partial charge < -0.3 is 10.8 Å². The van der Waals surface area contributed by atoms with E-state index in [1.165, 1.54) is 4.68 Å². The van der Waals surface area contributed by atoms with Crippen molar-refractivity contribution >= 4 is 11.6 Å². The summed E-state index contributed by atoms with van der Waals surface area (Å²) in [5, 5.41) is 14.4. The second-order valence-corrected chi connectivity index (χ2v) is 3.71. The molecule has 74 valence electrons. The number of halogens is 1. The maximum absolute atomic E-state index is 9.91. The molecule has 13 heavy (non-hydrogen) atoms. The average molecular weight is 204 g/mol. The first-order chi connectivity index (χ1) is 5.90. The third kappa shape index (κ3) is 1.70. The third-order valence-electron chi connectivity index (χ3n) is 2.09. The van der Waals surface area contributed by atoms with Gasteiger partial charge in [0.15, 0.2) is 0 Å². The van der Waals surface area contributed by atoms with Gasteiger partial charge in [-0.3, -0.25) is 4.68 Å². The summed E-state index contributed by atoms with van der Waals surface area (Å²) in [6.07, 6.45) is 0. The Balaban J connectivity index is 3.28. The van der Waals surface area contributed by atoms with Crippen LogP contribution in [0.2, 0.25) is 5.15 Å². The first-order valence-electron chi connectivity index (χ1n) is 4.02. The average Bonchev–Trinajstić information content (AvgIpc) is 2.27. The topological polar surface area (TPSA) is 64.1 Å². The summed E-state index contributed by atoms with van der Waals surface area (Å²) in [5.74, 6) is 0. The molecule has 1 atom stereocenters. The summed E-state index contributed by atoms with van der Waals surface area (Å²) in [6, 6.07) is 0. The van der Waals surface area contributed by atoms with E-state index in [1.807, 2.05) is 0 Å². The van der Waals surface area contributed by atoms with Crippen LogP contribution in [0.3, 0.4) is 0 Å². The summed E-state index contributed by atoms with van der Waals surface area (Å²) in [6.45, 7) is 3.55. The fraction of sp³-hybridized carbons (Fsp3) is 0.625. The molecule has 1 heterocycles. The van der Waals surface area contributed by atoms with Crippen LogP contribution in [0.1, 0.15) is 18.2 Å². The summed E-state index contributed by atoms with van der Waals surface area (Å²) < 4.78 is 1.52. The van der Waals surface area contributed by atoms with Crippen LogP contribution in [0.4, 0.5) is 0 Å². The quantitative estimate of drug-likeness (QED) is 0.738. The third-order valence-corrected chi connectivity index (χ3v) is 2.52. The van der Waals surface area contributed by atoms with Gasteiger partial charge in [-0.2, -0.15) is 5.10 Å². The smallest absolute Gasteiger partial charge is 0.133 e. The van der Waals surface area contributed by atoms with Crippen molar-refractivity contribution in [3.63, 3.8) is 0 Å². The minimum atomic E-state index is -1.10. The van der Waals surface area contributed by atoms with Crippen molar-refractivity contribution in [3.05, 3.63) is 16.4 Å². The lowest BCUT2D eigenvalue weighted by Gasteiger charge is -2.20. The van der Waals surface area contributed by atoms with Crippen LogP contribution >= 0.6 is 11.6 Å². The number of hydrogen-bond donors (Lipinski definition) is 2. The highest BCUT2D eigenvalue weighted by Gasteiger charge is 2.29. The highest BCUT2D eigenvalue weighted by molar-refractivity contribution is 6.30. The van der Waals surface area contributed by atoms with Gasteiger partial charge in [0.25, 0.3) is 0 Å². The van der Waals surface area contributed by atoms with E-state index in [4.69, 9.17) is 17.3 Å². The Kier molecular flexibility index (Phi) is 2.66. The van der Waals surface area contributed by atoms with Gasteiger partial charge in [-0.15, -0.1) is 0 Å². The van der Waals surface area contributed by atoms with Crippen LogP contribution in [-0.2, 0) is 12.6 Å². The van der Waals surface area contributed by atoms with Gasteiger partial charge in [0.2, 0.25) is 0 Å². The molecular weight excluding hydrogens is 190 g/mol. The molecule has 1 aromatic rings. The first kappa shape index (κ1) is 10.5. The number of aliphatic hydroxyl groups is 1. The van der Waals surface area contributed by atoms with Crippen LogP contribution in [0.15, 0.2) is 0 Å². The Labute approximate surface area is 82.3 Å². The van der Waals surface area contributed by atoms with E-state index in [9.17, 15) is 5.11 Å². The van der Waals surface area contributed by atoms with Crippen molar-refractivity contribution in [1.82, 2.24) is 9.78 Å². The molecule has 5 heteroatoms. The largest absolute Gasteiger partial charge is 0.384 e. The van der Waals surface area contributed by atoms with Crippen LogP contribution < -0.4 is 5.73 Å². The Morgan fingerprint density at radius 3 is 2.54 bits per heavy atom. The highest BCUT2D eigenvalue weighted by Crippen LogP contribution is 2.29. The number of hydrogen-bond acceptors (Lipinski definition) is 3. The lowest BCUT2D eigenvalue weighted by molar-refractivity contribution is 0.0662. The molecule has 0 saturated carbocycles. The predicted octanol–water partition coefficient (Wildman–Crippen LogP) is 0.548. The molecule has 0 fully saturated rings. The molecule has 0 aliphatic carbocycles. The standard InChI is InChI=1S/C8H14ClN3O/c1-5-6(8(2,13)4-10)7(9)12(3)11-5/h13H,4,10H2,1-3H3. The van der Waals surface area contributed by atoms with Crippen LogP contribution in [-0.4, -0.2) is 21.4 Å². The summed E-state index contributed by atoms with van der Waals surface area (Å²) in [4.78, 5) is 0. The maximum atomic E-state index is 9.91. The van der Waals surface area contributed by atoms with Gasteiger partial charge in [-0.1, -0.05) is 11.6 Å². The first-order valence-corrected chi connectivity index (χ1v) is 4.40. The van der Waals surface area contributed by atoms with E-state index in [1.54, 1.807) is 20.9 Å². The molecule has 0 saturated heterocycles. The maximum Gasteiger partial charge on any atom is 0.133 e. The Morgan fingerprint density at radius 1 is 1.69 bits per heavy atom. The zero-order valence-electron chi connectivity index (χ0n) is 8.00. The number of aromatic nitrogens is 2. The molecule has 3 N–H and O–H groups in total. The molecule has 0 aliphatic rings. The van der Waals surface area contributed by atoms with E-state index in [2.05, 4.69) is 5.10 Å². The van der Waals surface area contributed by atoms with E-state index in [-0.39, 0.29) is 6.54 Å². The SMILES string of the molecule is Cc1nn(C)c(Cl)c1C(C)(O)CN. The lowest BCUT2D eigenvalue weighted by atomic mass is 9.97. The molecular formula is C8H14ClN3O. The van der Waals surface area contributed by atoms with Gasteiger partial charge in [0.1, 0.15) is 10.8 Å². The molecule has 0 radical (unpaired) electrons. The van der Waals surface area contributed by atoms with Gasteiger partial charge in [-0.25, -0.2) is 0 Å². The van der Waals surface area contributed by atoms with Gasteiger partial charge in [-0.05, 0) is 13.8 Å². The summed E-state index contributed by atoms with van der Waals surface area (Å²) >= 11 is 5.96. The number of nitrogens with zero attached hydrogens (tertiary/aromatic N) is 2. The molecule has 0 amide bonds. The fourth-order valence-electron chi connectivity index (χ4n) is 1.34. The number of nitrogens with two attached hydrogens (primary N) is 1. The number of rotatable bonds is 2. The van der Waals surface area contributed by atoms with E-state index in [0.29, 0.717) is 16.4 Å². The molecule has 0 spiro atoms. The second-order valence-electron chi connectivity index (χ2n) is 3.35. The number of aryl methyl sites for hydroxylation is 2. The van der Waals surface area contributed by atoms with Gasteiger partial charge in [0.05, 0.1) is 5.69 Å². The minimum absolute atomic E-state index is 0.124. The summed E-state index contributed by atoms with van der Waals surface area (Å²) in [7, 11) is 1.73. The predicted molar refractivity (Wildman–Crippen MR) is 51.6 cm³/mol. The molecule has 0 aliphatic heterocycles. The van der Waals surface area contributed by atoms with Crippen LogP contribution in [0.25, 0.3) is 0 Å². The minimum Gasteiger partial charge on any atom is -0.384 e. The fourth-order valence-corrected chi connectivity index (χ4v) is 1.72. The molecule has 1 aromatic heterocycles. The molecule has 1 unspecified atom stereocenters. The Morgan fingerprint density at radius 2 is 2.23 bits per heavy atom. The van der Waals surface area contributed by atoms with Crippen molar-refractivity contribution in [2.75, 3.05) is 6.54 Å². The van der Waals surface area contributed by atoms with E-state index < -0.39 is 5.60 Å². The van der Waals surface area contributed by atoms with Crippen molar-refractivity contribution < 1.29 is 5.11 Å². The molecule has 4 nitrogen and oxygen atoms in total. The zero-order chi connectivity index (χ0) is 10.2. The zero-order valence-corrected chi connectivity index (χ0v) is 8.76. The Hall–Kier alpha value is -0.580. The highest BCUT2D eigenvalue weighted by atomic mass is 35.5. The van der Waals surface area contributed by atoms with E-state index in [0.717, 1.165) is 0 Å². The normalized spacial score (nSPS) is 15.8. The van der Waals surface area contributed by atoms with Gasteiger partial charge in [0, 0.05) is 19.2 Å². The van der Waals surface area contributed by atoms with Crippen LogP contribution in [0, 0.1) is 6.92 Å². The molecule has 1 rings (SSSR count). The van der Waals surface area contributed by atoms with Crippen molar-refractivity contribution in [3.8, 4) is 0 Å². The van der Waals surface area contributed by atoms with Gasteiger partial charge >= 0.3 is 0 Å². The van der Waals surface area contributed by atoms with Crippen LogP contribution in [0.5, 0.6) is 0 Å². The van der Waals surface area contributed by atoms with Crippen molar-refractivity contribution in [2.24, 2.45) is 12.8 Å². The monoisotopic (exact) mass is 203 g/mol. The van der Waals surface area contributed by atoms with Crippen molar-refractivity contribution in [2.45, 2.75) is 19.4 Å². The Bertz CT molecular complexity index is 319. The second kappa shape index (κ2) is 3.29. The molecule has 0 aromatic carbocycles.